The Morgan fingerprint density at radius 1 is 1.32 bits per heavy atom. The fourth-order valence-corrected chi connectivity index (χ4v) is 3.67. The van der Waals surface area contributed by atoms with E-state index in [9.17, 15) is 4.79 Å². The number of hydrogen-bond donors (Lipinski definition) is 2. The summed E-state index contributed by atoms with van der Waals surface area (Å²) < 4.78 is 1.76. The molecule has 0 radical (unpaired) electrons. The van der Waals surface area contributed by atoms with Crippen molar-refractivity contribution in [2.45, 2.75) is 52.0 Å². The van der Waals surface area contributed by atoms with Crippen LogP contribution in [-0.4, -0.2) is 27.8 Å². The van der Waals surface area contributed by atoms with Gasteiger partial charge in [-0.2, -0.15) is 0 Å². The molecule has 134 valence electrons. The molecule has 0 aliphatic heterocycles. The Morgan fingerprint density at radius 2 is 2.08 bits per heavy atom. The molecule has 0 fully saturated rings. The van der Waals surface area contributed by atoms with Crippen LogP contribution in [0.2, 0.25) is 0 Å². The molecule has 1 aromatic carbocycles. The van der Waals surface area contributed by atoms with Crippen LogP contribution in [0.5, 0.6) is 0 Å². The summed E-state index contributed by atoms with van der Waals surface area (Å²) in [6.07, 6.45) is 2.34. The summed E-state index contributed by atoms with van der Waals surface area (Å²) in [7, 11) is 0. The van der Waals surface area contributed by atoms with Gasteiger partial charge in [-0.05, 0) is 24.8 Å². The van der Waals surface area contributed by atoms with Crippen molar-refractivity contribution in [3.05, 3.63) is 45.7 Å². The molecule has 1 aromatic heterocycles. The molecule has 3 rings (SSSR count). The molecule has 0 atom stereocenters. The van der Waals surface area contributed by atoms with E-state index in [4.69, 9.17) is 10.1 Å². The van der Waals surface area contributed by atoms with Gasteiger partial charge in [0.05, 0.1) is 5.69 Å². The van der Waals surface area contributed by atoms with E-state index in [-0.39, 0.29) is 17.6 Å². The van der Waals surface area contributed by atoms with E-state index in [1.54, 1.807) is 4.57 Å². The van der Waals surface area contributed by atoms with Crippen molar-refractivity contribution < 1.29 is 5.11 Å². The van der Waals surface area contributed by atoms with Crippen LogP contribution in [0, 0.1) is 0 Å². The zero-order valence-corrected chi connectivity index (χ0v) is 15.3. The molecule has 0 saturated heterocycles. The van der Waals surface area contributed by atoms with Gasteiger partial charge in [-0.1, -0.05) is 45.0 Å². The monoisotopic (exact) mass is 341 g/mol. The number of aromatic nitrogens is 2. The predicted octanol–water partition coefficient (Wildman–Crippen LogP) is 2.95. The Balaban J connectivity index is 2.22. The van der Waals surface area contributed by atoms with Gasteiger partial charge in [0, 0.05) is 36.2 Å². The van der Waals surface area contributed by atoms with E-state index in [1.165, 1.54) is 5.56 Å². The third-order valence-corrected chi connectivity index (χ3v) is 4.82. The minimum Gasteiger partial charge on any atom is -0.396 e. The summed E-state index contributed by atoms with van der Waals surface area (Å²) in [5.74, 6) is 0.603. The number of fused-ring (bicyclic) bond motifs is 3. The average molecular weight is 341 g/mol. The first-order valence-electron chi connectivity index (χ1n) is 9.08. The fourth-order valence-electron chi connectivity index (χ4n) is 3.67. The van der Waals surface area contributed by atoms with Crippen LogP contribution in [0.15, 0.2) is 29.1 Å². The highest BCUT2D eigenvalue weighted by atomic mass is 16.3. The second-order valence-corrected chi connectivity index (χ2v) is 7.34. The van der Waals surface area contributed by atoms with E-state index in [0.717, 1.165) is 29.7 Å². The summed E-state index contributed by atoms with van der Waals surface area (Å²) in [5.41, 5.74) is 3.72. The summed E-state index contributed by atoms with van der Waals surface area (Å²) in [5, 5.41) is 12.3. The van der Waals surface area contributed by atoms with Crippen LogP contribution in [0.25, 0.3) is 11.3 Å². The first kappa shape index (κ1) is 17.7. The summed E-state index contributed by atoms with van der Waals surface area (Å²) in [4.78, 5) is 18.2. The van der Waals surface area contributed by atoms with Gasteiger partial charge in [-0.25, -0.2) is 4.98 Å². The second-order valence-electron chi connectivity index (χ2n) is 7.34. The Morgan fingerprint density at radius 3 is 2.80 bits per heavy atom. The van der Waals surface area contributed by atoms with E-state index < -0.39 is 0 Å². The third-order valence-electron chi connectivity index (χ3n) is 4.82. The molecule has 1 aliphatic carbocycles. The zero-order valence-electron chi connectivity index (χ0n) is 15.3. The number of benzene rings is 1. The molecule has 25 heavy (non-hydrogen) atoms. The van der Waals surface area contributed by atoms with Crippen LogP contribution in [0.4, 0.5) is 5.95 Å². The highest BCUT2D eigenvalue weighted by molar-refractivity contribution is 5.72. The summed E-state index contributed by atoms with van der Waals surface area (Å²) >= 11 is 0. The van der Waals surface area contributed by atoms with E-state index >= 15 is 0 Å². The lowest BCUT2D eigenvalue weighted by Gasteiger charge is -2.33. The molecule has 0 amide bonds. The molecule has 1 heterocycles. The van der Waals surface area contributed by atoms with Gasteiger partial charge in [0.2, 0.25) is 5.95 Å². The number of anilines is 1. The van der Waals surface area contributed by atoms with E-state index in [0.29, 0.717) is 25.5 Å². The van der Waals surface area contributed by atoms with Crippen molar-refractivity contribution in [2.75, 3.05) is 18.5 Å². The Bertz CT molecular complexity index is 824. The van der Waals surface area contributed by atoms with Crippen LogP contribution in [-0.2, 0) is 18.4 Å². The topological polar surface area (TPSA) is 67.2 Å². The molecular weight excluding hydrogens is 314 g/mol. The molecular formula is C20H27N3O2. The predicted molar refractivity (Wildman–Crippen MR) is 101 cm³/mol. The van der Waals surface area contributed by atoms with Crippen LogP contribution < -0.4 is 10.9 Å². The van der Waals surface area contributed by atoms with Crippen LogP contribution >= 0.6 is 0 Å². The standard InChI is InChI=1S/C20H27N3O2/c1-4-11-23-18(25)16-17(22-19(23)21-10-7-12-24)15-9-6-5-8-14(15)13-20(16,2)3/h5-6,8-9,24H,4,7,10-13H2,1-3H3,(H,21,22). The van der Waals surface area contributed by atoms with Crippen molar-refractivity contribution in [2.24, 2.45) is 0 Å². The van der Waals surface area contributed by atoms with Gasteiger partial charge in [-0.15, -0.1) is 0 Å². The van der Waals surface area contributed by atoms with Gasteiger partial charge >= 0.3 is 0 Å². The molecule has 2 aromatic rings. The quantitative estimate of drug-likeness (QED) is 0.793. The van der Waals surface area contributed by atoms with Crippen molar-refractivity contribution in [1.29, 1.82) is 0 Å². The Labute approximate surface area is 148 Å². The fraction of sp³-hybridized carbons (Fsp3) is 0.500. The minimum absolute atomic E-state index is 0.0536. The van der Waals surface area contributed by atoms with Gasteiger partial charge < -0.3 is 10.4 Å². The van der Waals surface area contributed by atoms with Crippen molar-refractivity contribution >= 4 is 5.95 Å². The molecule has 0 bridgehead atoms. The maximum atomic E-state index is 13.3. The smallest absolute Gasteiger partial charge is 0.259 e. The first-order valence-corrected chi connectivity index (χ1v) is 9.08. The normalized spacial score (nSPS) is 14.7. The lowest BCUT2D eigenvalue weighted by atomic mass is 9.72. The van der Waals surface area contributed by atoms with Gasteiger partial charge in [0.15, 0.2) is 0 Å². The van der Waals surface area contributed by atoms with E-state index in [2.05, 4.69) is 38.2 Å². The maximum absolute atomic E-state index is 13.3. The van der Waals surface area contributed by atoms with Gasteiger partial charge in [-0.3, -0.25) is 9.36 Å². The van der Waals surface area contributed by atoms with Crippen LogP contribution in [0.3, 0.4) is 0 Å². The molecule has 0 spiro atoms. The number of hydrogen-bond acceptors (Lipinski definition) is 4. The molecule has 2 N–H and O–H groups in total. The average Bonchev–Trinajstić information content (AvgIpc) is 2.57. The Hall–Kier alpha value is -2.14. The van der Waals surface area contributed by atoms with Crippen molar-refractivity contribution in [3.8, 4) is 11.3 Å². The van der Waals surface area contributed by atoms with E-state index in [1.807, 2.05) is 12.1 Å². The lowest BCUT2D eigenvalue weighted by molar-refractivity contribution is 0.292. The summed E-state index contributed by atoms with van der Waals surface area (Å²) in [6, 6.07) is 8.22. The number of nitrogens with zero attached hydrogens (tertiary/aromatic N) is 2. The molecule has 5 nitrogen and oxygen atoms in total. The third kappa shape index (κ3) is 3.21. The lowest BCUT2D eigenvalue weighted by Crippen LogP contribution is -2.38. The molecule has 0 unspecified atom stereocenters. The molecule has 0 saturated carbocycles. The van der Waals surface area contributed by atoms with Crippen molar-refractivity contribution in [3.63, 3.8) is 0 Å². The van der Waals surface area contributed by atoms with Gasteiger partial charge in [0.25, 0.3) is 5.56 Å². The number of rotatable bonds is 6. The van der Waals surface area contributed by atoms with Crippen molar-refractivity contribution in [1.82, 2.24) is 9.55 Å². The SMILES string of the molecule is CCCn1c(NCCCO)nc2c(c1=O)C(C)(C)Cc1ccccc1-2. The number of nitrogens with one attached hydrogen (secondary N) is 1. The second kappa shape index (κ2) is 7.00. The minimum atomic E-state index is -0.243. The van der Waals surface area contributed by atoms with Gasteiger partial charge in [0.1, 0.15) is 0 Å². The summed E-state index contributed by atoms with van der Waals surface area (Å²) in [6.45, 7) is 7.66. The number of aliphatic hydroxyl groups is 1. The highest BCUT2D eigenvalue weighted by Gasteiger charge is 2.35. The zero-order chi connectivity index (χ0) is 18.0. The number of aliphatic hydroxyl groups excluding tert-OH is 1. The largest absolute Gasteiger partial charge is 0.396 e. The maximum Gasteiger partial charge on any atom is 0.259 e. The highest BCUT2D eigenvalue weighted by Crippen LogP contribution is 2.40. The Kier molecular flexibility index (Phi) is 4.95. The molecule has 1 aliphatic rings. The molecule has 5 heteroatoms. The first-order chi connectivity index (χ1) is 12.0. The van der Waals surface area contributed by atoms with Crippen LogP contribution in [0.1, 0.15) is 44.7 Å².